The van der Waals surface area contributed by atoms with E-state index >= 15 is 0 Å². The molecule has 1 atom stereocenters. The first-order valence-corrected chi connectivity index (χ1v) is 10.8. The Morgan fingerprint density at radius 1 is 1.23 bits per heavy atom. The molecule has 0 spiro atoms. The highest BCUT2D eigenvalue weighted by molar-refractivity contribution is 5.93. The molecular formula is C24H27FN6O4. The van der Waals surface area contributed by atoms with E-state index in [9.17, 15) is 19.1 Å². The molecule has 3 aromatic rings. The monoisotopic (exact) mass is 482 g/mol. The van der Waals surface area contributed by atoms with Gasteiger partial charge in [0.1, 0.15) is 11.4 Å². The SMILES string of the molecule is COc1ccc(O)c(Cc2ccc(C(N)=O)cc2)c1F.Nc1nccc(C(=O)N[C@H]2CCNC2)n1. The summed E-state index contributed by atoms with van der Waals surface area (Å²) in [5, 5.41) is 15.8. The van der Waals surface area contributed by atoms with Crippen LogP contribution < -0.4 is 26.8 Å². The number of anilines is 1. The van der Waals surface area contributed by atoms with Crippen LogP contribution in [0.15, 0.2) is 48.7 Å². The molecule has 7 N–H and O–H groups in total. The number of carbonyl (C=O) groups excluding carboxylic acids is 2. The van der Waals surface area contributed by atoms with Crippen molar-refractivity contribution < 1.29 is 23.8 Å². The Morgan fingerprint density at radius 3 is 2.57 bits per heavy atom. The molecule has 0 saturated carbocycles. The lowest BCUT2D eigenvalue weighted by Gasteiger charge is -2.10. The van der Waals surface area contributed by atoms with Gasteiger partial charge in [0.05, 0.1) is 7.11 Å². The van der Waals surface area contributed by atoms with Crippen LogP contribution in [0.2, 0.25) is 0 Å². The van der Waals surface area contributed by atoms with E-state index < -0.39 is 11.7 Å². The van der Waals surface area contributed by atoms with Gasteiger partial charge in [-0.25, -0.2) is 14.4 Å². The second-order valence-corrected chi connectivity index (χ2v) is 7.78. The Kier molecular flexibility index (Phi) is 8.52. The minimum Gasteiger partial charge on any atom is -0.508 e. The number of hydrogen-bond donors (Lipinski definition) is 5. The molecule has 4 rings (SSSR count). The van der Waals surface area contributed by atoms with Crippen molar-refractivity contribution >= 4 is 17.8 Å². The van der Waals surface area contributed by atoms with Gasteiger partial charge >= 0.3 is 0 Å². The van der Waals surface area contributed by atoms with Gasteiger partial charge in [-0.05, 0) is 48.9 Å². The summed E-state index contributed by atoms with van der Waals surface area (Å²) in [6, 6.07) is 10.9. The Labute approximate surface area is 201 Å². The smallest absolute Gasteiger partial charge is 0.270 e. The quantitative estimate of drug-likeness (QED) is 0.351. The second-order valence-electron chi connectivity index (χ2n) is 7.78. The highest BCUT2D eigenvalue weighted by Crippen LogP contribution is 2.30. The molecular weight excluding hydrogens is 455 g/mol. The molecule has 184 valence electrons. The molecule has 0 unspecified atom stereocenters. The first kappa shape index (κ1) is 25.4. The molecule has 10 nitrogen and oxygen atoms in total. The second kappa shape index (κ2) is 11.7. The van der Waals surface area contributed by atoms with Crippen molar-refractivity contribution in [1.82, 2.24) is 20.6 Å². The van der Waals surface area contributed by atoms with Crippen molar-refractivity contribution in [2.45, 2.75) is 18.9 Å². The van der Waals surface area contributed by atoms with Crippen molar-refractivity contribution in [2.24, 2.45) is 5.73 Å². The van der Waals surface area contributed by atoms with E-state index in [0.29, 0.717) is 11.3 Å². The van der Waals surface area contributed by atoms with Crippen LogP contribution in [0.4, 0.5) is 10.3 Å². The van der Waals surface area contributed by atoms with Crippen LogP contribution in [0.5, 0.6) is 11.5 Å². The number of halogens is 1. The van der Waals surface area contributed by atoms with E-state index in [4.69, 9.17) is 16.2 Å². The average molecular weight is 483 g/mol. The molecule has 2 amide bonds. The number of nitrogens with zero attached hydrogens (tertiary/aromatic N) is 2. The number of nitrogens with one attached hydrogen (secondary N) is 2. The van der Waals surface area contributed by atoms with E-state index in [0.717, 1.165) is 25.1 Å². The summed E-state index contributed by atoms with van der Waals surface area (Å²) in [5.74, 6) is -1.25. The standard InChI is InChI=1S/C15H14FNO3.C9H13N5O/c1-20-13-7-6-12(18)11(14(13)16)8-9-2-4-10(5-3-9)15(17)19;10-9-12-4-2-7(14-9)8(15)13-6-1-3-11-5-6/h2-7,18H,8H2,1H3,(H2,17,19);2,4,6,11H,1,3,5H2,(H,13,15)(H2,10,12,14)/t;6-/m.0/s1. The number of rotatable bonds is 6. The number of phenols is 1. The third-order valence-corrected chi connectivity index (χ3v) is 5.32. The fourth-order valence-corrected chi connectivity index (χ4v) is 3.44. The number of benzene rings is 2. The van der Waals surface area contributed by atoms with E-state index in [1.54, 1.807) is 30.3 Å². The van der Waals surface area contributed by atoms with Crippen LogP contribution in [0.1, 0.15) is 38.4 Å². The van der Waals surface area contributed by atoms with Gasteiger partial charge in [-0.15, -0.1) is 0 Å². The molecule has 11 heteroatoms. The third kappa shape index (κ3) is 6.87. The van der Waals surface area contributed by atoms with Gasteiger partial charge in [-0.3, -0.25) is 9.59 Å². The highest BCUT2D eigenvalue weighted by atomic mass is 19.1. The van der Waals surface area contributed by atoms with E-state index in [1.807, 2.05) is 0 Å². The average Bonchev–Trinajstić information content (AvgIpc) is 3.35. The van der Waals surface area contributed by atoms with Crippen LogP contribution in [-0.2, 0) is 6.42 Å². The first-order valence-electron chi connectivity index (χ1n) is 10.8. The van der Waals surface area contributed by atoms with E-state index in [1.165, 1.54) is 25.4 Å². The minimum absolute atomic E-state index is 0.0755. The Bertz CT molecular complexity index is 1180. The highest BCUT2D eigenvalue weighted by Gasteiger charge is 2.18. The summed E-state index contributed by atoms with van der Waals surface area (Å²) in [6.07, 6.45) is 2.62. The maximum Gasteiger partial charge on any atom is 0.270 e. The van der Waals surface area contributed by atoms with Crippen molar-refractivity contribution in [2.75, 3.05) is 25.9 Å². The molecule has 1 saturated heterocycles. The summed E-state index contributed by atoms with van der Waals surface area (Å²) in [4.78, 5) is 30.2. The van der Waals surface area contributed by atoms with Crippen LogP contribution in [0, 0.1) is 5.82 Å². The largest absolute Gasteiger partial charge is 0.508 e. The zero-order valence-electron chi connectivity index (χ0n) is 19.1. The topological polar surface area (TPSA) is 165 Å². The number of primary amides is 1. The van der Waals surface area contributed by atoms with Crippen molar-refractivity contribution in [1.29, 1.82) is 0 Å². The molecule has 2 heterocycles. The Morgan fingerprint density at radius 2 is 1.97 bits per heavy atom. The zero-order chi connectivity index (χ0) is 25.4. The van der Waals surface area contributed by atoms with Crippen molar-refractivity contribution in [3.05, 3.63) is 76.9 Å². The normalized spacial score (nSPS) is 14.5. The van der Waals surface area contributed by atoms with Gasteiger partial charge in [0.2, 0.25) is 11.9 Å². The lowest BCUT2D eigenvalue weighted by Crippen LogP contribution is -2.36. The lowest BCUT2D eigenvalue weighted by atomic mass is 10.0. The minimum atomic E-state index is -0.591. The summed E-state index contributed by atoms with van der Waals surface area (Å²) in [5.41, 5.74) is 12.1. The molecule has 1 aliphatic rings. The van der Waals surface area contributed by atoms with Crippen molar-refractivity contribution in [3.63, 3.8) is 0 Å². The van der Waals surface area contributed by atoms with Crippen LogP contribution >= 0.6 is 0 Å². The number of nitrogen functional groups attached to an aromatic ring is 1. The number of aromatic nitrogens is 2. The van der Waals surface area contributed by atoms with Crippen molar-refractivity contribution in [3.8, 4) is 11.5 Å². The summed E-state index contributed by atoms with van der Waals surface area (Å²) in [7, 11) is 1.36. The number of amides is 2. The summed E-state index contributed by atoms with van der Waals surface area (Å²) >= 11 is 0. The first-order chi connectivity index (χ1) is 16.8. The molecule has 0 aliphatic carbocycles. The molecule has 0 bridgehead atoms. The van der Waals surface area contributed by atoms with Gasteiger partial charge in [-0.1, -0.05) is 12.1 Å². The predicted molar refractivity (Wildman–Crippen MR) is 128 cm³/mol. The van der Waals surface area contributed by atoms with Gasteiger partial charge < -0.3 is 31.9 Å². The fraction of sp³-hybridized carbons (Fsp3) is 0.250. The maximum atomic E-state index is 14.1. The number of hydrogen-bond acceptors (Lipinski definition) is 8. The molecule has 35 heavy (non-hydrogen) atoms. The lowest BCUT2D eigenvalue weighted by molar-refractivity contribution is 0.0934. The summed E-state index contributed by atoms with van der Waals surface area (Å²) in [6.45, 7) is 1.75. The maximum absolute atomic E-state index is 14.1. The molecule has 1 aromatic heterocycles. The Hall–Kier alpha value is -4.25. The van der Waals surface area contributed by atoms with E-state index in [-0.39, 0.29) is 41.4 Å². The van der Waals surface area contributed by atoms with Crippen LogP contribution in [0.3, 0.4) is 0 Å². The number of phenolic OH excluding ortho intramolecular Hbond substituents is 1. The van der Waals surface area contributed by atoms with E-state index in [2.05, 4.69) is 20.6 Å². The van der Waals surface area contributed by atoms with Gasteiger partial charge in [0, 0.05) is 36.3 Å². The fourth-order valence-electron chi connectivity index (χ4n) is 3.44. The molecule has 0 radical (unpaired) electrons. The number of carbonyl (C=O) groups is 2. The third-order valence-electron chi connectivity index (χ3n) is 5.32. The molecule has 2 aromatic carbocycles. The summed E-state index contributed by atoms with van der Waals surface area (Å²) < 4.78 is 18.9. The molecule has 1 fully saturated rings. The Balaban J connectivity index is 0.000000203. The number of aromatic hydroxyl groups is 1. The number of ether oxygens (including phenoxy) is 1. The zero-order valence-corrected chi connectivity index (χ0v) is 19.1. The number of methoxy groups -OCH3 is 1. The number of nitrogens with two attached hydrogens (primary N) is 2. The van der Waals surface area contributed by atoms with Gasteiger partial charge in [0.25, 0.3) is 5.91 Å². The predicted octanol–water partition coefficient (Wildman–Crippen LogP) is 1.38. The van der Waals surface area contributed by atoms with Crippen LogP contribution in [-0.4, -0.2) is 53.1 Å². The van der Waals surface area contributed by atoms with Crippen LogP contribution in [0.25, 0.3) is 0 Å². The van der Waals surface area contributed by atoms with Gasteiger partial charge in [-0.2, -0.15) is 0 Å². The van der Waals surface area contributed by atoms with Gasteiger partial charge in [0.15, 0.2) is 11.6 Å². The molecule has 1 aliphatic heterocycles.